The minimum Gasteiger partial charge on any atom is -0.468 e. The summed E-state index contributed by atoms with van der Waals surface area (Å²) in [4.78, 5) is 21.3. The van der Waals surface area contributed by atoms with E-state index in [1.165, 1.54) is 37.5 Å². The number of ether oxygens (including phenoxy) is 1. The lowest BCUT2D eigenvalue weighted by atomic mass is 9.96. The zero-order valence-electron chi connectivity index (χ0n) is 9.78. The number of aliphatic hydroxyl groups is 1. The maximum absolute atomic E-state index is 11.4. The Hall–Kier alpha value is -2.21. The van der Waals surface area contributed by atoms with E-state index in [0.29, 0.717) is 5.56 Å². The highest BCUT2D eigenvalue weighted by Gasteiger charge is 2.26. The van der Waals surface area contributed by atoms with Crippen molar-refractivity contribution in [3.63, 3.8) is 0 Å². The number of non-ortho nitro benzene ring substituents is 1. The van der Waals surface area contributed by atoms with E-state index >= 15 is 0 Å². The Balaban J connectivity index is 2.95. The monoisotopic (exact) mass is 251 g/mol. The van der Waals surface area contributed by atoms with Crippen LogP contribution in [0.5, 0.6) is 0 Å². The lowest BCUT2D eigenvalue weighted by molar-refractivity contribution is -0.384. The van der Waals surface area contributed by atoms with Crippen LogP contribution in [0.4, 0.5) is 5.69 Å². The first kappa shape index (κ1) is 13.9. The number of aliphatic hydroxyl groups excluding tert-OH is 1. The Morgan fingerprint density at radius 2 is 2.06 bits per heavy atom. The van der Waals surface area contributed by atoms with Gasteiger partial charge in [-0.1, -0.05) is 6.08 Å². The van der Waals surface area contributed by atoms with Crippen LogP contribution < -0.4 is 0 Å². The van der Waals surface area contributed by atoms with Crippen LogP contribution >= 0.6 is 0 Å². The van der Waals surface area contributed by atoms with Gasteiger partial charge in [0.15, 0.2) is 0 Å². The molecule has 0 bridgehead atoms. The van der Waals surface area contributed by atoms with Gasteiger partial charge in [-0.2, -0.15) is 0 Å². The summed E-state index contributed by atoms with van der Waals surface area (Å²) in [6, 6.07) is 5.30. The molecule has 0 unspecified atom stereocenters. The molecule has 1 aromatic carbocycles. The predicted octanol–water partition coefficient (Wildman–Crippen LogP) is 1.60. The molecule has 0 spiro atoms. The number of hydrogen-bond acceptors (Lipinski definition) is 5. The fourth-order valence-electron chi connectivity index (χ4n) is 1.49. The molecular formula is C12H13NO5. The molecular weight excluding hydrogens is 238 g/mol. The SMILES string of the molecule is C=C[C@@H](C(=O)OC)[C@@H](O)c1ccc([N+](=O)[O-])cc1. The summed E-state index contributed by atoms with van der Waals surface area (Å²) in [5, 5.41) is 20.4. The van der Waals surface area contributed by atoms with Gasteiger partial charge in [0.25, 0.3) is 5.69 Å². The van der Waals surface area contributed by atoms with Crippen molar-refractivity contribution in [1.29, 1.82) is 0 Å². The minimum atomic E-state index is -1.14. The summed E-state index contributed by atoms with van der Waals surface area (Å²) in [5.74, 6) is -1.52. The smallest absolute Gasteiger partial charge is 0.315 e. The van der Waals surface area contributed by atoms with Gasteiger partial charge in [-0.15, -0.1) is 6.58 Å². The summed E-state index contributed by atoms with van der Waals surface area (Å²) in [6.07, 6.45) is 0.133. The van der Waals surface area contributed by atoms with Gasteiger partial charge in [-0.3, -0.25) is 14.9 Å². The Kier molecular flexibility index (Phi) is 4.56. The number of carbonyl (C=O) groups is 1. The molecule has 0 amide bonds. The molecule has 0 heterocycles. The van der Waals surface area contributed by atoms with Crippen molar-refractivity contribution >= 4 is 11.7 Å². The fraction of sp³-hybridized carbons (Fsp3) is 0.250. The van der Waals surface area contributed by atoms with Crippen LogP contribution in [0.1, 0.15) is 11.7 Å². The first-order valence-electron chi connectivity index (χ1n) is 5.14. The van der Waals surface area contributed by atoms with Gasteiger partial charge in [0, 0.05) is 12.1 Å². The molecule has 2 atom stereocenters. The number of nitro benzene ring substituents is 1. The molecule has 0 radical (unpaired) electrons. The predicted molar refractivity (Wildman–Crippen MR) is 63.8 cm³/mol. The first-order chi connectivity index (χ1) is 8.51. The summed E-state index contributed by atoms with van der Waals surface area (Å²) < 4.78 is 4.53. The van der Waals surface area contributed by atoms with Crippen molar-refractivity contribution in [2.24, 2.45) is 5.92 Å². The van der Waals surface area contributed by atoms with Crippen LogP contribution in [0.25, 0.3) is 0 Å². The van der Waals surface area contributed by atoms with E-state index in [-0.39, 0.29) is 5.69 Å². The van der Waals surface area contributed by atoms with E-state index < -0.39 is 22.9 Å². The number of rotatable bonds is 5. The molecule has 0 saturated heterocycles. The molecule has 1 N–H and O–H groups in total. The van der Waals surface area contributed by atoms with Gasteiger partial charge in [-0.25, -0.2) is 0 Å². The molecule has 0 aliphatic heterocycles. The number of carbonyl (C=O) groups excluding carboxylic acids is 1. The lowest BCUT2D eigenvalue weighted by Gasteiger charge is -2.17. The first-order valence-corrected chi connectivity index (χ1v) is 5.14. The zero-order valence-corrected chi connectivity index (χ0v) is 9.78. The van der Waals surface area contributed by atoms with Crippen molar-refractivity contribution in [3.05, 3.63) is 52.6 Å². The van der Waals surface area contributed by atoms with Crippen molar-refractivity contribution in [1.82, 2.24) is 0 Å². The topological polar surface area (TPSA) is 89.7 Å². The summed E-state index contributed by atoms with van der Waals surface area (Å²) in [7, 11) is 1.21. The Morgan fingerprint density at radius 1 is 1.50 bits per heavy atom. The maximum Gasteiger partial charge on any atom is 0.315 e. The van der Waals surface area contributed by atoms with Crippen molar-refractivity contribution in [2.75, 3.05) is 7.11 Å². The Labute approximate surface area is 104 Å². The van der Waals surface area contributed by atoms with E-state index in [9.17, 15) is 20.0 Å². The molecule has 6 heteroatoms. The van der Waals surface area contributed by atoms with Crippen LogP contribution in [-0.2, 0) is 9.53 Å². The number of hydrogen-bond donors (Lipinski definition) is 1. The fourth-order valence-corrected chi connectivity index (χ4v) is 1.49. The van der Waals surface area contributed by atoms with Gasteiger partial charge in [0.2, 0.25) is 0 Å². The van der Waals surface area contributed by atoms with Crippen molar-refractivity contribution in [3.8, 4) is 0 Å². The normalized spacial score (nSPS) is 13.4. The number of nitro groups is 1. The van der Waals surface area contributed by atoms with Gasteiger partial charge in [-0.05, 0) is 17.7 Å². The van der Waals surface area contributed by atoms with Gasteiger partial charge in [0.05, 0.1) is 18.1 Å². The maximum atomic E-state index is 11.4. The summed E-state index contributed by atoms with van der Waals surface area (Å²) >= 11 is 0. The van der Waals surface area contributed by atoms with Crippen molar-refractivity contribution < 1.29 is 19.6 Å². The molecule has 0 aromatic heterocycles. The second-order valence-corrected chi connectivity index (χ2v) is 3.58. The van der Waals surface area contributed by atoms with Crippen molar-refractivity contribution in [2.45, 2.75) is 6.10 Å². The molecule has 0 aliphatic carbocycles. The van der Waals surface area contributed by atoms with Crippen LogP contribution in [-0.4, -0.2) is 23.1 Å². The average Bonchev–Trinajstić information content (AvgIpc) is 2.39. The molecule has 0 fully saturated rings. The third kappa shape index (κ3) is 2.92. The largest absolute Gasteiger partial charge is 0.468 e. The number of benzene rings is 1. The summed E-state index contributed by atoms with van der Waals surface area (Å²) in [5.41, 5.74) is 0.301. The van der Waals surface area contributed by atoms with Crippen LogP contribution in [0.2, 0.25) is 0 Å². The highest BCUT2D eigenvalue weighted by Crippen LogP contribution is 2.25. The highest BCUT2D eigenvalue weighted by molar-refractivity contribution is 5.75. The third-order valence-electron chi connectivity index (χ3n) is 2.51. The molecule has 0 saturated carbocycles. The van der Waals surface area contributed by atoms with E-state index in [4.69, 9.17) is 0 Å². The second kappa shape index (κ2) is 5.92. The molecule has 1 rings (SSSR count). The van der Waals surface area contributed by atoms with Gasteiger partial charge >= 0.3 is 5.97 Å². The zero-order chi connectivity index (χ0) is 13.7. The third-order valence-corrected chi connectivity index (χ3v) is 2.51. The second-order valence-electron chi connectivity index (χ2n) is 3.58. The number of esters is 1. The van der Waals surface area contributed by atoms with E-state index in [2.05, 4.69) is 11.3 Å². The highest BCUT2D eigenvalue weighted by atomic mass is 16.6. The Morgan fingerprint density at radius 3 is 2.44 bits per heavy atom. The van der Waals surface area contributed by atoms with E-state index in [1.54, 1.807) is 0 Å². The van der Waals surface area contributed by atoms with E-state index in [0.717, 1.165) is 0 Å². The van der Waals surface area contributed by atoms with Gasteiger partial charge < -0.3 is 9.84 Å². The lowest BCUT2D eigenvalue weighted by Crippen LogP contribution is -2.21. The molecule has 6 nitrogen and oxygen atoms in total. The quantitative estimate of drug-likeness (QED) is 0.371. The summed E-state index contributed by atoms with van der Waals surface area (Å²) in [6.45, 7) is 3.45. The average molecular weight is 251 g/mol. The molecule has 96 valence electrons. The molecule has 0 aliphatic rings. The van der Waals surface area contributed by atoms with Crippen LogP contribution in [0.15, 0.2) is 36.9 Å². The molecule has 1 aromatic rings. The van der Waals surface area contributed by atoms with Crippen LogP contribution in [0, 0.1) is 16.0 Å². The van der Waals surface area contributed by atoms with Crippen LogP contribution in [0.3, 0.4) is 0 Å². The number of nitrogens with zero attached hydrogens (tertiary/aromatic N) is 1. The minimum absolute atomic E-state index is 0.0841. The van der Waals surface area contributed by atoms with Gasteiger partial charge in [0.1, 0.15) is 5.92 Å². The van der Waals surface area contributed by atoms with E-state index in [1.807, 2.05) is 0 Å². The number of methoxy groups -OCH3 is 1. The molecule has 18 heavy (non-hydrogen) atoms. The standard InChI is InChI=1S/C12H13NO5/c1-3-10(12(15)18-2)11(14)8-4-6-9(7-5-8)13(16)17/h3-7,10-11,14H,1H2,2H3/t10-,11+/m1/s1. The Bertz CT molecular complexity index is 454.